The van der Waals surface area contributed by atoms with Crippen LogP contribution in [-0.4, -0.2) is 11.1 Å². The number of carboxylic acids is 1. The van der Waals surface area contributed by atoms with Crippen molar-refractivity contribution in [3.05, 3.63) is 58.7 Å². The summed E-state index contributed by atoms with van der Waals surface area (Å²) in [6, 6.07) is 7.07. The molecule has 0 atom stereocenters. The number of rotatable bonds is 6. The first-order valence-corrected chi connectivity index (χ1v) is 6.60. The summed E-state index contributed by atoms with van der Waals surface area (Å²) in [6.07, 6.45) is 7.50. The summed E-state index contributed by atoms with van der Waals surface area (Å²) in [7, 11) is 0. The highest BCUT2D eigenvalue weighted by Crippen LogP contribution is 2.10. The van der Waals surface area contributed by atoms with Crippen molar-refractivity contribution in [2.75, 3.05) is 0 Å². The maximum Gasteiger partial charge on any atom is 0.335 e. The topological polar surface area (TPSA) is 37.3 Å². The Hall–Kier alpha value is -1.83. The second-order valence-corrected chi connectivity index (χ2v) is 5.08. The van der Waals surface area contributed by atoms with Crippen LogP contribution in [0, 0.1) is 0 Å². The Labute approximate surface area is 115 Å². The van der Waals surface area contributed by atoms with Gasteiger partial charge in [-0.3, -0.25) is 0 Å². The molecular formula is C17H22O2. The fourth-order valence-corrected chi connectivity index (χ4v) is 1.77. The second-order valence-electron chi connectivity index (χ2n) is 5.08. The van der Waals surface area contributed by atoms with Gasteiger partial charge >= 0.3 is 5.97 Å². The van der Waals surface area contributed by atoms with E-state index in [4.69, 9.17) is 5.11 Å². The molecule has 2 heteroatoms. The van der Waals surface area contributed by atoms with Crippen LogP contribution in [0.4, 0.5) is 0 Å². The highest BCUT2D eigenvalue weighted by Gasteiger charge is 2.00. The summed E-state index contributed by atoms with van der Waals surface area (Å²) in [5, 5.41) is 8.82. The molecule has 0 aliphatic rings. The summed E-state index contributed by atoms with van der Waals surface area (Å²) in [4.78, 5) is 10.7. The fraction of sp³-hybridized carbons (Fsp3) is 0.353. The van der Waals surface area contributed by atoms with E-state index in [0.29, 0.717) is 5.56 Å². The third-order valence-electron chi connectivity index (χ3n) is 2.98. The zero-order chi connectivity index (χ0) is 14.3. The molecule has 0 radical (unpaired) electrons. The van der Waals surface area contributed by atoms with Gasteiger partial charge in [-0.2, -0.15) is 0 Å². The Kier molecular flexibility index (Phi) is 6.07. The lowest BCUT2D eigenvalue weighted by Gasteiger charge is -2.01. The van der Waals surface area contributed by atoms with Crippen molar-refractivity contribution >= 4 is 5.97 Å². The van der Waals surface area contributed by atoms with Crippen LogP contribution in [0.3, 0.4) is 0 Å². The Morgan fingerprint density at radius 1 is 1.11 bits per heavy atom. The molecule has 0 aliphatic heterocycles. The van der Waals surface area contributed by atoms with Crippen LogP contribution in [0.2, 0.25) is 0 Å². The van der Waals surface area contributed by atoms with Crippen molar-refractivity contribution in [2.24, 2.45) is 0 Å². The first kappa shape index (κ1) is 15.2. The van der Waals surface area contributed by atoms with Gasteiger partial charge in [0.15, 0.2) is 0 Å². The molecule has 0 saturated carbocycles. The molecule has 19 heavy (non-hydrogen) atoms. The maximum atomic E-state index is 10.7. The largest absolute Gasteiger partial charge is 0.478 e. The molecule has 0 aliphatic carbocycles. The molecule has 1 aromatic carbocycles. The van der Waals surface area contributed by atoms with Gasteiger partial charge in [0.2, 0.25) is 0 Å². The minimum Gasteiger partial charge on any atom is -0.478 e. The molecule has 0 fully saturated rings. The number of benzene rings is 1. The Morgan fingerprint density at radius 2 is 1.74 bits per heavy atom. The van der Waals surface area contributed by atoms with Crippen molar-refractivity contribution in [2.45, 2.75) is 40.0 Å². The van der Waals surface area contributed by atoms with Gasteiger partial charge in [0.1, 0.15) is 0 Å². The first-order valence-electron chi connectivity index (χ1n) is 6.60. The molecule has 1 rings (SSSR count). The molecule has 2 nitrogen and oxygen atoms in total. The van der Waals surface area contributed by atoms with E-state index >= 15 is 0 Å². The van der Waals surface area contributed by atoms with Gasteiger partial charge in [-0.25, -0.2) is 4.79 Å². The van der Waals surface area contributed by atoms with Gasteiger partial charge in [-0.05, 0) is 57.7 Å². The molecule has 0 amide bonds. The number of hydrogen-bond donors (Lipinski definition) is 1. The fourth-order valence-electron chi connectivity index (χ4n) is 1.77. The summed E-state index contributed by atoms with van der Waals surface area (Å²) >= 11 is 0. The number of hydrogen-bond acceptors (Lipinski definition) is 1. The van der Waals surface area contributed by atoms with Gasteiger partial charge in [0.05, 0.1) is 5.56 Å². The van der Waals surface area contributed by atoms with Gasteiger partial charge in [-0.15, -0.1) is 0 Å². The van der Waals surface area contributed by atoms with Crippen LogP contribution in [0.1, 0.15) is 49.5 Å². The van der Waals surface area contributed by atoms with Crippen molar-refractivity contribution in [3.63, 3.8) is 0 Å². The zero-order valence-electron chi connectivity index (χ0n) is 11.9. The van der Waals surface area contributed by atoms with E-state index in [2.05, 4.69) is 32.9 Å². The van der Waals surface area contributed by atoms with Crippen molar-refractivity contribution in [1.82, 2.24) is 0 Å². The molecule has 0 saturated heterocycles. The molecule has 0 unspecified atom stereocenters. The third kappa shape index (κ3) is 6.05. The lowest BCUT2D eigenvalue weighted by Crippen LogP contribution is -1.95. The molecule has 0 aromatic heterocycles. The van der Waals surface area contributed by atoms with E-state index < -0.39 is 5.97 Å². The molecule has 0 heterocycles. The summed E-state index contributed by atoms with van der Waals surface area (Å²) in [6.45, 7) is 6.37. The monoisotopic (exact) mass is 258 g/mol. The number of aromatic carboxylic acids is 1. The minimum absolute atomic E-state index is 0.341. The number of allylic oxidation sites excluding steroid dienone is 4. The van der Waals surface area contributed by atoms with Gasteiger partial charge in [0.25, 0.3) is 0 Å². The molecule has 0 spiro atoms. The van der Waals surface area contributed by atoms with Crippen molar-refractivity contribution < 1.29 is 9.90 Å². The Balaban J connectivity index is 2.50. The predicted octanol–water partition coefficient (Wildman–Crippen LogP) is 4.62. The van der Waals surface area contributed by atoms with Crippen molar-refractivity contribution in [3.8, 4) is 0 Å². The lowest BCUT2D eigenvalue weighted by molar-refractivity contribution is 0.0697. The Morgan fingerprint density at radius 3 is 2.26 bits per heavy atom. The summed E-state index contributed by atoms with van der Waals surface area (Å²) in [5.41, 5.74) is 4.22. The normalized spacial score (nSPS) is 11.2. The maximum absolute atomic E-state index is 10.7. The highest BCUT2D eigenvalue weighted by atomic mass is 16.4. The first-order chi connectivity index (χ1) is 8.99. The molecule has 102 valence electrons. The predicted molar refractivity (Wildman–Crippen MR) is 79.5 cm³/mol. The average Bonchev–Trinajstić information content (AvgIpc) is 2.36. The van der Waals surface area contributed by atoms with E-state index in [1.807, 2.05) is 12.1 Å². The zero-order valence-corrected chi connectivity index (χ0v) is 11.9. The quantitative estimate of drug-likeness (QED) is 0.756. The van der Waals surface area contributed by atoms with Gasteiger partial charge < -0.3 is 5.11 Å². The van der Waals surface area contributed by atoms with Crippen LogP contribution in [0.15, 0.2) is 47.6 Å². The smallest absolute Gasteiger partial charge is 0.335 e. The van der Waals surface area contributed by atoms with Gasteiger partial charge in [-0.1, -0.05) is 35.4 Å². The lowest BCUT2D eigenvalue weighted by atomic mass is 10.0. The van der Waals surface area contributed by atoms with Crippen LogP contribution in [0.25, 0.3) is 0 Å². The highest BCUT2D eigenvalue weighted by molar-refractivity contribution is 5.87. The van der Waals surface area contributed by atoms with E-state index in [1.165, 1.54) is 11.1 Å². The second kappa shape index (κ2) is 7.57. The van der Waals surface area contributed by atoms with Crippen LogP contribution in [-0.2, 0) is 6.42 Å². The number of carbonyl (C=O) groups is 1. The van der Waals surface area contributed by atoms with E-state index in [0.717, 1.165) is 24.8 Å². The van der Waals surface area contributed by atoms with E-state index in [1.54, 1.807) is 12.1 Å². The molecular weight excluding hydrogens is 236 g/mol. The standard InChI is InChI=1S/C17H22O2/c1-13(2)5-4-6-14(3)7-8-15-9-11-16(12-10-15)17(18)19/h5,7,9-12H,4,6,8H2,1-3H3,(H,18,19)/b14-7+. The number of carboxylic acid groups (broad SMARTS) is 1. The molecule has 0 bridgehead atoms. The summed E-state index contributed by atoms with van der Waals surface area (Å²) < 4.78 is 0. The average molecular weight is 258 g/mol. The Bertz CT molecular complexity index is 474. The minimum atomic E-state index is -0.875. The van der Waals surface area contributed by atoms with E-state index in [-0.39, 0.29) is 0 Å². The van der Waals surface area contributed by atoms with Crippen LogP contribution < -0.4 is 0 Å². The van der Waals surface area contributed by atoms with Crippen LogP contribution >= 0.6 is 0 Å². The van der Waals surface area contributed by atoms with Gasteiger partial charge in [0, 0.05) is 0 Å². The SMILES string of the molecule is CC(C)=CCC/C(C)=C/Cc1ccc(C(=O)O)cc1. The van der Waals surface area contributed by atoms with E-state index in [9.17, 15) is 4.79 Å². The molecule has 1 aromatic rings. The summed E-state index contributed by atoms with van der Waals surface area (Å²) in [5.74, 6) is -0.875. The molecule has 1 N–H and O–H groups in total. The van der Waals surface area contributed by atoms with Crippen molar-refractivity contribution in [1.29, 1.82) is 0 Å². The third-order valence-corrected chi connectivity index (χ3v) is 2.98. The van der Waals surface area contributed by atoms with Crippen LogP contribution in [0.5, 0.6) is 0 Å².